The van der Waals surface area contributed by atoms with Crippen molar-refractivity contribution in [2.24, 2.45) is 0 Å². The van der Waals surface area contributed by atoms with Gasteiger partial charge in [0.05, 0.1) is 11.1 Å². The zero-order chi connectivity index (χ0) is 18.6. The molecule has 134 valence electrons. The third-order valence-corrected chi connectivity index (χ3v) is 5.19. The average Bonchev–Trinajstić information content (AvgIpc) is 2.64. The predicted octanol–water partition coefficient (Wildman–Crippen LogP) is 5.66. The molecule has 1 aromatic heterocycles. The van der Waals surface area contributed by atoms with E-state index in [0.29, 0.717) is 30.7 Å². The topological polar surface area (TPSA) is 36.7 Å². The Hall–Kier alpha value is -2.26. The summed E-state index contributed by atoms with van der Waals surface area (Å²) in [5, 5.41) is 9.56. The molecule has 6 heteroatoms. The largest absolute Gasteiger partial charge is 0.418 e. The van der Waals surface area contributed by atoms with Gasteiger partial charge in [0.25, 0.3) is 0 Å². The van der Waals surface area contributed by atoms with Gasteiger partial charge in [0.1, 0.15) is 11.1 Å². The van der Waals surface area contributed by atoms with Gasteiger partial charge in [-0.05, 0) is 36.8 Å². The van der Waals surface area contributed by atoms with Crippen LogP contribution in [0.2, 0.25) is 0 Å². The number of rotatable bonds is 4. The summed E-state index contributed by atoms with van der Waals surface area (Å²) in [6.07, 6.45) is 1.65. The molecule has 26 heavy (non-hydrogen) atoms. The van der Waals surface area contributed by atoms with Gasteiger partial charge in [0.2, 0.25) is 0 Å². The maximum Gasteiger partial charge on any atom is 0.418 e. The number of aromatic nitrogens is 1. The predicted molar refractivity (Wildman–Crippen MR) is 96.8 cm³/mol. The summed E-state index contributed by atoms with van der Waals surface area (Å²) in [5.74, 6) is 0.451. The molecule has 0 unspecified atom stereocenters. The molecule has 0 saturated heterocycles. The molecule has 0 radical (unpaired) electrons. The highest BCUT2D eigenvalue weighted by Gasteiger charge is 2.39. The molecular formula is C20H17F3N2S. The molecule has 0 saturated carbocycles. The van der Waals surface area contributed by atoms with E-state index in [0.717, 1.165) is 12.0 Å². The third-order valence-electron chi connectivity index (χ3n) is 4.26. The number of pyridine rings is 1. The van der Waals surface area contributed by atoms with Crippen molar-refractivity contribution in [2.45, 2.75) is 36.9 Å². The summed E-state index contributed by atoms with van der Waals surface area (Å²) >= 11 is 1.17. The Kier molecular flexibility index (Phi) is 5.67. The van der Waals surface area contributed by atoms with E-state index >= 15 is 0 Å². The van der Waals surface area contributed by atoms with E-state index in [1.165, 1.54) is 11.8 Å². The van der Waals surface area contributed by atoms with Crippen LogP contribution in [0.1, 0.15) is 40.8 Å². The first-order valence-electron chi connectivity index (χ1n) is 8.38. The number of fused-ring (bicyclic) bond motifs is 1. The maximum absolute atomic E-state index is 13.6. The van der Waals surface area contributed by atoms with Gasteiger partial charge < -0.3 is 0 Å². The second kappa shape index (κ2) is 7.96. The van der Waals surface area contributed by atoms with Gasteiger partial charge in [-0.3, -0.25) is 0 Å². The standard InChI is InChI=1S/C20H17F3N2S/c21-20(22,23)18-15-10-4-5-11-17(15)25-19(16(18)13-24)26-12-6-9-14-7-2-1-3-8-14/h1-3,6-9H,4-5,10-12H2. The van der Waals surface area contributed by atoms with Crippen molar-refractivity contribution in [3.05, 3.63) is 64.4 Å². The van der Waals surface area contributed by atoms with Gasteiger partial charge in [-0.2, -0.15) is 18.4 Å². The van der Waals surface area contributed by atoms with Crippen molar-refractivity contribution < 1.29 is 13.2 Å². The summed E-state index contributed by atoms with van der Waals surface area (Å²) < 4.78 is 40.8. The molecule has 0 atom stereocenters. The Morgan fingerprint density at radius 2 is 1.88 bits per heavy atom. The van der Waals surface area contributed by atoms with Gasteiger partial charge in [0, 0.05) is 11.4 Å². The lowest BCUT2D eigenvalue weighted by Gasteiger charge is -2.22. The van der Waals surface area contributed by atoms with Crippen molar-refractivity contribution in [3.8, 4) is 6.07 Å². The number of nitrogens with zero attached hydrogens (tertiary/aromatic N) is 2. The number of halogens is 3. The normalized spacial score (nSPS) is 14.2. The van der Waals surface area contributed by atoms with Crippen LogP contribution in [-0.2, 0) is 19.0 Å². The first kappa shape index (κ1) is 18.5. The molecule has 1 aromatic carbocycles. The molecule has 3 rings (SSSR count). The summed E-state index contributed by atoms with van der Waals surface area (Å²) in [7, 11) is 0. The number of benzene rings is 1. The molecule has 1 aliphatic carbocycles. The van der Waals surface area contributed by atoms with Gasteiger partial charge in [-0.15, -0.1) is 11.8 Å². The van der Waals surface area contributed by atoms with Crippen molar-refractivity contribution in [1.82, 2.24) is 4.98 Å². The van der Waals surface area contributed by atoms with Crippen LogP contribution >= 0.6 is 11.8 Å². The zero-order valence-corrected chi connectivity index (χ0v) is 14.8. The number of aryl methyl sites for hydroxylation is 1. The number of nitriles is 1. The van der Waals surface area contributed by atoms with Crippen molar-refractivity contribution in [2.75, 3.05) is 5.75 Å². The van der Waals surface area contributed by atoms with Crippen molar-refractivity contribution in [3.63, 3.8) is 0 Å². The summed E-state index contributed by atoms with van der Waals surface area (Å²) in [4.78, 5) is 4.41. The van der Waals surface area contributed by atoms with E-state index in [2.05, 4.69) is 4.98 Å². The number of hydrogen-bond donors (Lipinski definition) is 0. The average molecular weight is 374 g/mol. The number of thioether (sulfide) groups is 1. The van der Waals surface area contributed by atoms with E-state index in [9.17, 15) is 18.4 Å². The van der Waals surface area contributed by atoms with Crippen LogP contribution < -0.4 is 0 Å². The lowest BCUT2D eigenvalue weighted by Crippen LogP contribution is -2.19. The lowest BCUT2D eigenvalue weighted by molar-refractivity contribution is -0.138. The van der Waals surface area contributed by atoms with Crippen LogP contribution in [0.25, 0.3) is 6.08 Å². The highest BCUT2D eigenvalue weighted by atomic mass is 32.2. The Morgan fingerprint density at radius 3 is 2.58 bits per heavy atom. The van der Waals surface area contributed by atoms with Crippen LogP contribution in [0, 0.1) is 11.3 Å². The van der Waals surface area contributed by atoms with E-state index in [4.69, 9.17) is 0 Å². The Labute approximate surface area is 154 Å². The maximum atomic E-state index is 13.6. The quantitative estimate of drug-likeness (QED) is 0.648. The highest BCUT2D eigenvalue weighted by molar-refractivity contribution is 7.99. The van der Waals surface area contributed by atoms with Gasteiger partial charge in [-0.1, -0.05) is 42.5 Å². The summed E-state index contributed by atoms with van der Waals surface area (Å²) in [5.41, 5.74) is 0.611. The summed E-state index contributed by atoms with van der Waals surface area (Å²) in [6.45, 7) is 0. The molecular weight excluding hydrogens is 357 g/mol. The SMILES string of the molecule is N#Cc1c(SCC=Cc2ccccc2)nc2c(c1C(F)(F)F)CCCC2. The molecule has 2 nitrogen and oxygen atoms in total. The van der Waals surface area contributed by atoms with Crippen molar-refractivity contribution in [1.29, 1.82) is 5.26 Å². The highest BCUT2D eigenvalue weighted by Crippen LogP contribution is 2.41. The molecule has 0 amide bonds. The molecule has 0 aliphatic heterocycles. The first-order valence-corrected chi connectivity index (χ1v) is 9.36. The smallest absolute Gasteiger partial charge is 0.245 e. The fraction of sp³-hybridized carbons (Fsp3) is 0.300. The van der Waals surface area contributed by atoms with E-state index in [1.807, 2.05) is 42.5 Å². The van der Waals surface area contributed by atoms with Crippen LogP contribution in [0.5, 0.6) is 0 Å². The Balaban J connectivity index is 1.89. The zero-order valence-electron chi connectivity index (χ0n) is 14.0. The minimum absolute atomic E-state index is 0.179. The fourth-order valence-corrected chi connectivity index (χ4v) is 3.93. The molecule has 0 spiro atoms. The Bertz CT molecular complexity index is 852. The second-order valence-corrected chi connectivity index (χ2v) is 7.04. The number of alkyl halides is 3. The Morgan fingerprint density at radius 1 is 1.15 bits per heavy atom. The minimum Gasteiger partial charge on any atom is -0.245 e. The summed E-state index contributed by atoms with van der Waals surface area (Å²) in [6, 6.07) is 11.4. The molecule has 2 aromatic rings. The second-order valence-electron chi connectivity index (χ2n) is 6.03. The van der Waals surface area contributed by atoms with Crippen LogP contribution in [0.15, 0.2) is 41.4 Å². The number of hydrogen-bond acceptors (Lipinski definition) is 3. The molecule has 1 heterocycles. The van der Waals surface area contributed by atoms with Crippen molar-refractivity contribution >= 4 is 17.8 Å². The van der Waals surface area contributed by atoms with Gasteiger partial charge in [-0.25, -0.2) is 4.98 Å². The molecule has 0 bridgehead atoms. The van der Waals surface area contributed by atoms with E-state index < -0.39 is 11.7 Å². The van der Waals surface area contributed by atoms with E-state index in [1.54, 1.807) is 6.07 Å². The van der Waals surface area contributed by atoms with Crippen LogP contribution in [0.4, 0.5) is 13.2 Å². The lowest BCUT2D eigenvalue weighted by atomic mass is 9.90. The third kappa shape index (κ3) is 4.10. The molecule has 0 fully saturated rings. The van der Waals surface area contributed by atoms with Gasteiger partial charge in [0.15, 0.2) is 0 Å². The van der Waals surface area contributed by atoms with E-state index in [-0.39, 0.29) is 16.2 Å². The molecule has 0 N–H and O–H groups in total. The molecule has 1 aliphatic rings. The monoisotopic (exact) mass is 374 g/mol. The van der Waals surface area contributed by atoms with Gasteiger partial charge >= 0.3 is 6.18 Å². The fourth-order valence-electron chi connectivity index (χ4n) is 3.11. The minimum atomic E-state index is -4.54. The first-order chi connectivity index (χ1) is 12.5. The van der Waals surface area contributed by atoms with Crippen LogP contribution in [-0.4, -0.2) is 10.7 Å². The van der Waals surface area contributed by atoms with Crippen LogP contribution in [0.3, 0.4) is 0 Å².